The first-order valence-corrected chi connectivity index (χ1v) is 14.9. The average molecular weight is 617 g/mol. The third kappa shape index (κ3) is 4.34. The Kier molecular flexibility index (Phi) is 6.77. The number of likely N-dealkylation sites (tertiary alicyclic amines) is 1. The molecular weight excluding hydrogens is 593 g/mol. The summed E-state index contributed by atoms with van der Waals surface area (Å²) >= 11 is 5.57. The van der Waals surface area contributed by atoms with Gasteiger partial charge in [0.25, 0.3) is 0 Å². The van der Waals surface area contributed by atoms with Gasteiger partial charge in [-0.25, -0.2) is 9.29 Å². The van der Waals surface area contributed by atoms with Crippen molar-refractivity contribution in [3.05, 3.63) is 78.9 Å². The molecule has 3 aromatic rings. The van der Waals surface area contributed by atoms with Gasteiger partial charge in [-0.2, -0.15) is 0 Å². The van der Waals surface area contributed by atoms with E-state index >= 15 is 0 Å². The fourth-order valence-electron chi connectivity index (χ4n) is 5.51. The summed E-state index contributed by atoms with van der Waals surface area (Å²) in [6.45, 7) is 1.24. The monoisotopic (exact) mass is 615 g/mol. The van der Waals surface area contributed by atoms with Crippen LogP contribution < -0.4 is 9.77 Å². The number of halogens is 2. The lowest BCUT2D eigenvalue weighted by molar-refractivity contribution is -0.133. The predicted molar refractivity (Wildman–Crippen MR) is 147 cm³/mol. The van der Waals surface area contributed by atoms with Gasteiger partial charge in [0.1, 0.15) is 17.6 Å². The van der Waals surface area contributed by atoms with Gasteiger partial charge in [-0.05, 0) is 61.2 Å². The summed E-state index contributed by atoms with van der Waals surface area (Å²) < 4.78 is 16.1. The fourth-order valence-corrected chi connectivity index (χ4v) is 8.55. The number of rotatable bonds is 4. The van der Waals surface area contributed by atoms with Crippen LogP contribution in [0.15, 0.2) is 62.8 Å². The molecule has 3 atom stereocenters. The smallest absolute Gasteiger partial charge is 0.308 e. The Bertz CT molecular complexity index is 1480. The molecule has 3 amide bonds. The van der Waals surface area contributed by atoms with Crippen molar-refractivity contribution in [2.75, 3.05) is 18.0 Å². The summed E-state index contributed by atoms with van der Waals surface area (Å²) in [5.41, 5.74) is 1.12. The molecule has 1 aromatic heterocycles. The summed E-state index contributed by atoms with van der Waals surface area (Å²) in [5.74, 6) is -2.64. The Balaban J connectivity index is 1.43. The van der Waals surface area contributed by atoms with Crippen LogP contribution in [0.3, 0.4) is 0 Å². The first-order chi connectivity index (χ1) is 18.3. The molecule has 0 saturated carbocycles. The van der Waals surface area contributed by atoms with Crippen LogP contribution in [0.5, 0.6) is 0 Å². The van der Waals surface area contributed by atoms with Crippen LogP contribution in [0.1, 0.15) is 35.6 Å². The summed E-state index contributed by atoms with van der Waals surface area (Å²) in [6.07, 6.45) is 2.97. The van der Waals surface area contributed by atoms with Crippen molar-refractivity contribution in [1.82, 2.24) is 9.47 Å². The molecule has 7 nitrogen and oxygen atoms in total. The third-order valence-corrected chi connectivity index (χ3v) is 10.5. The van der Waals surface area contributed by atoms with Gasteiger partial charge < -0.3 is 4.90 Å². The Morgan fingerprint density at radius 2 is 1.63 bits per heavy atom. The molecule has 6 rings (SSSR count). The van der Waals surface area contributed by atoms with Crippen molar-refractivity contribution < 1.29 is 18.8 Å². The van der Waals surface area contributed by atoms with Crippen molar-refractivity contribution in [2.45, 2.75) is 42.0 Å². The standard InChI is InChI=1S/C27H23BrFN3O4S2/c28-16-6-10-18(11-7-16)32-24(34)21-20(15-4-8-17(29)9-5-15)23-26(37-22(21)25(32)35)31(27(36)38-23)14-19(33)30-12-2-1-3-13-30/h4-11,20-22H,1-3,12-14H2/t20-,21?,22?/m1/s1. The third-order valence-electron chi connectivity index (χ3n) is 7.37. The zero-order valence-corrected chi connectivity index (χ0v) is 23.4. The Labute approximate surface area is 234 Å². The van der Waals surface area contributed by atoms with Gasteiger partial charge in [0.15, 0.2) is 0 Å². The summed E-state index contributed by atoms with van der Waals surface area (Å²) in [6, 6.07) is 12.8. The van der Waals surface area contributed by atoms with E-state index in [1.165, 1.54) is 33.4 Å². The number of thioether (sulfide) groups is 1. The lowest BCUT2D eigenvalue weighted by atomic mass is 9.83. The number of benzene rings is 2. The molecule has 4 heterocycles. The second-order valence-corrected chi connectivity index (χ2v) is 12.7. The lowest BCUT2D eigenvalue weighted by Gasteiger charge is -2.31. The van der Waals surface area contributed by atoms with Crippen molar-refractivity contribution >= 4 is 62.4 Å². The molecule has 2 fully saturated rings. The minimum absolute atomic E-state index is 0.107. The number of anilines is 1. The highest BCUT2D eigenvalue weighted by Gasteiger charge is 2.56. The second kappa shape index (κ2) is 10.1. The molecule has 2 aromatic carbocycles. The normalized spacial score (nSPS) is 22.9. The quantitative estimate of drug-likeness (QED) is 0.400. The molecule has 11 heteroatoms. The number of hydrogen-bond donors (Lipinski definition) is 0. The molecule has 38 heavy (non-hydrogen) atoms. The molecule has 2 unspecified atom stereocenters. The Morgan fingerprint density at radius 1 is 0.947 bits per heavy atom. The molecule has 3 aliphatic heterocycles. The molecule has 0 N–H and O–H groups in total. The van der Waals surface area contributed by atoms with Crippen molar-refractivity contribution in [2.24, 2.45) is 5.92 Å². The molecule has 3 aliphatic rings. The maximum atomic E-state index is 13.8. The summed E-state index contributed by atoms with van der Waals surface area (Å²) in [4.78, 5) is 57.2. The van der Waals surface area contributed by atoms with E-state index in [0.717, 1.165) is 35.1 Å². The highest BCUT2D eigenvalue weighted by molar-refractivity contribution is 9.10. The zero-order valence-electron chi connectivity index (χ0n) is 20.1. The first kappa shape index (κ1) is 25.5. The van der Waals surface area contributed by atoms with Gasteiger partial charge >= 0.3 is 4.87 Å². The van der Waals surface area contributed by atoms with Crippen LogP contribution >= 0.6 is 39.0 Å². The number of amides is 3. The molecule has 0 bridgehead atoms. The van der Waals surface area contributed by atoms with Gasteiger partial charge in [-0.15, -0.1) is 0 Å². The highest BCUT2D eigenvalue weighted by Crippen LogP contribution is 2.53. The van der Waals surface area contributed by atoms with Gasteiger partial charge in [0.05, 0.1) is 16.6 Å². The molecule has 0 radical (unpaired) electrons. The van der Waals surface area contributed by atoms with E-state index in [9.17, 15) is 23.6 Å². The number of aromatic nitrogens is 1. The summed E-state index contributed by atoms with van der Waals surface area (Å²) in [7, 11) is 0. The fraction of sp³-hybridized carbons (Fsp3) is 0.333. The molecular formula is C27H23BrFN3O4S2. The summed E-state index contributed by atoms with van der Waals surface area (Å²) in [5, 5.41) is -0.237. The zero-order chi connectivity index (χ0) is 26.6. The Hall–Kier alpha value is -2.76. The minimum Gasteiger partial charge on any atom is -0.341 e. The maximum Gasteiger partial charge on any atom is 0.308 e. The average Bonchev–Trinajstić information content (AvgIpc) is 3.36. The maximum absolute atomic E-state index is 13.8. The van der Waals surface area contributed by atoms with E-state index in [-0.39, 0.29) is 29.1 Å². The van der Waals surface area contributed by atoms with E-state index in [4.69, 9.17) is 0 Å². The highest BCUT2D eigenvalue weighted by atomic mass is 79.9. The van der Waals surface area contributed by atoms with Gasteiger partial charge in [0, 0.05) is 28.4 Å². The van der Waals surface area contributed by atoms with Crippen LogP contribution in [0, 0.1) is 11.7 Å². The van der Waals surface area contributed by atoms with Crippen LogP contribution in [0.25, 0.3) is 0 Å². The van der Waals surface area contributed by atoms with Crippen molar-refractivity contribution in [3.8, 4) is 0 Å². The number of carbonyl (C=O) groups excluding carboxylic acids is 3. The number of carbonyl (C=O) groups is 3. The first-order valence-electron chi connectivity index (χ1n) is 12.4. The van der Waals surface area contributed by atoms with E-state index in [1.807, 2.05) is 0 Å². The molecule has 196 valence electrons. The van der Waals surface area contributed by atoms with E-state index in [1.54, 1.807) is 41.3 Å². The van der Waals surface area contributed by atoms with Crippen LogP contribution in [0.4, 0.5) is 10.1 Å². The Morgan fingerprint density at radius 3 is 2.32 bits per heavy atom. The molecule has 0 spiro atoms. The van der Waals surface area contributed by atoms with E-state index in [0.29, 0.717) is 34.2 Å². The van der Waals surface area contributed by atoms with Gasteiger partial charge in [-0.1, -0.05) is 51.2 Å². The van der Waals surface area contributed by atoms with Crippen molar-refractivity contribution in [1.29, 1.82) is 0 Å². The van der Waals surface area contributed by atoms with Crippen molar-refractivity contribution in [3.63, 3.8) is 0 Å². The van der Waals surface area contributed by atoms with Crippen LogP contribution in [-0.2, 0) is 20.9 Å². The van der Waals surface area contributed by atoms with E-state index < -0.39 is 22.9 Å². The topological polar surface area (TPSA) is 79.7 Å². The number of nitrogens with zero attached hydrogens (tertiary/aromatic N) is 3. The number of thiazole rings is 1. The number of imide groups is 1. The number of fused-ring (bicyclic) bond motifs is 2. The van der Waals surface area contributed by atoms with Crippen LogP contribution in [-0.4, -0.2) is 45.5 Å². The molecule has 0 aliphatic carbocycles. The molecule has 2 saturated heterocycles. The van der Waals surface area contributed by atoms with Gasteiger partial charge in [-0.3, -0.25) is 23.7 Å². The second-order valence-electron chi connectivity index (χ2n) is 9.65. The van der Waals surface area contributed by atoms with E-state index in [2.05, 4.69) is 15.9 Å². The largest absolute Gasteiger partial charge is 0.341 e. The van der Waals surface area contributed by atoms with Gasteiger partial charge in [0.2, 0.25) is 17.7 Å². The minimum atomic E-state index is -0.779. The van der Waals surface area contributed by atoms with Crippen LogP contribution in [0.2, 0.25) is 0 Å². The lowest BCUT2D eigenvalue weighted by Crippen LogP contribution is -2.39. The predicted octanol–water partition coefficient (Wildman–Crippen LogP) is 4.62. The number of hydrogen-bond acceptors (Lipinski definition) is 6. The number of piperidine rings is 1. The SMILES string of the molecule is O=C(Cn1c2c(sc1=O)[C@H](c1ccc(F)cc1)C1C(=O)N(c3ccc(Br)cc3)C(=O)C1S2)N1CCCCC1.